The van der Waals surface area contributed by atoms with Crippen molar-refractivity contribution in [2.75, 3.05) is 39.3 Å². The summed E-state index contributed by atoms with van der Waals surface area (Å²) < 4.78 is 0. The van der Waals surface area contributed by atoms with Crippen molar-refractivity contribution in [1.29, 1.82) is 0 Å². The Hall–Kier alpha value is -0.340. The van der Waals surface area contributed by atoms with Crippen LogP contribution in [0.5, 0.6) is 0 Å². The van der Waals surface area contributed by atoms with E-state index >= 15 is 0 Å². The zero-order valence-corrected chi connectivity index (χ0v) is 19.5. The first-order chi connectivity index (χ1) is 11.7. The fraction of sp³-hybridized carbons (Fsp3) is 0.737. The topological polar surface area (TPSA) is 39.7 Å². The molecule has 0 fully saturated rings. The lowest BCUT2D eigenvalue weighted by atomic mass is 10.1. The molecular formula is C19H37IN4S. The van der Waals surface area contributed by atoms with Crippen LogP contribution >= 0.6 is 35.3 Å². The lowest BCUT2D eigenvalue weighted by molar-refractivity contribution is 0.297. The molecule has 4 nitrogen and oxygen atoms in total. The van der Waals surface area contributed by atoms with Gasteiger partial charge in [0, 0.05) is 24.5 Å². The Morgan fingerprint density at radius 3 is 2.56 bits per heavy atom. The summed E-state index contributed by atoms with van der Waals surface area (Å²) in [6.45, 7) is 15.1. The number of nitrogens with zero attached hydrogens (tertiary/aromatic N) is 2. The van der Waals surface area contributed by atoms with E-state index < -0.39 is 0 Å². The number of hydrogen-bond donors (Lipinski definition) is 2. The average molecular weight is 481 g/mol. The highest BCUT2D eigenvalue weighted by molar-refractivity contribution is 14.0. The van der Waals surface area contributed by atoms with Crippen LogP contribution in [0, 0.1) is 5.92 Å². The van der Waals surface area contributed by atoms with Crippen LogP contribution in [-0.2, 0) is 6.42 Å². The highest BCUT2D eigenvalue weighted by atomic mass is 127. The summed E-state index contributed by atoms with van der Waals surface area (Å²) in [6.07, 6.45) is 3.54. The molecule has 1 aromatic heterocycles. The van der Waals surface area contributed by atoms with E-state index in [1.807, 2.05) is 11.3 Å². The smallest absolute Gasteiger partial charge is 0.191 e. The molecule has 146 valence electrons. The van der Waals surface area contributed by atoms with Gasteiger partial charge < -0.3 is 15.5 Å². The van der Waals surface area contributed by atoms with Gasteiger partial charge in [0.25, 0.3) is 0 Å². The summed E-state index contributed by atoms with van der Waals surface area (Å²) in [5, 5.41) is 8.97. The number of thiophene rings is 1. The van der Waals surface area contributed by atoms with Gasteiger partial charge in [0.1, 0.15) is 0 Å². The molecule has 2 N–H and O–H groups in total. The maximum atomic E-state index is 4.75. The van der Waals surface area contributed by atoms with E-state index in [0.29, 0.717) is 5.92 Å². The van der Waals surface area contributed by atoms with Crippen LogP contribution in [0.2, 0.25) is 0 Å². The van der Waals surface area contributed by atoms with Crippen molar-refractivity contribution >= 4 is 41.3 Å². The average Bonchev–Trinajstić information content (AvgIpc) is 3.08. The number of aliphatic imine (C=N–C) groups is 1. The van der Waals surface area contributed by atoms with Crippen molar-refractivity contribution in [2.24, 2.45) is 10.9 Å². The molecule has 1 unspecified atom stereocenters. The number of guanidine groups is 1. The van der Waals surface area contributed by atoms with Gasteiger partial charge in [-0.05, 0) is 63.2 Å². The Bertz CT molecular complexity index is 433. The van der Waals surface area contributed by atoms with E-state index in [9.17, 15) is 0 Å². The summed E-state index contributed by atoms with van der Waals surface area (Å²) >= 11 is 1.84. The molecule has 0 aromatic carbocycles. The van der Waals surface area contributed by atoms with Gasteiger partial charge in [-0.15, -0.1) is 35.3 Å². The molecule has 1 rings (SSSR count). The van der Waals surface area contributed by atoms with Crippen LogP contribution in [0.3, 0.4) is 0 Å². The minimum atomic E-state index is 0. The van der Waals surface area contributed by atoms with Gasteiger partial charge in [-0.3, -0.25) is 4.99 Å². The summed E-state index contributed by atoms with van der Waals surface area (Å²) in [5.74, 6) is 1.53. The third kappa shape index (κ3) is 11.8. The monoisotopic (exact) mass is 480 g/mol. The molecule has 0 radical (unpaired) electrons. The van der Waals surface area contributed by atoms with Crippen LogP contribution in [0.1, 0.15) is 45.4 Å². The third-order valence-electron chi connectivity index (χ3n) is 4.12. The van der Waals surface area contributed by atoms with Gasteiger partial charge in [-0.1, -0.05) is 26.8 Å². The van der Waals surface area contributed by atoms with Crippen LogP contribution in [0.25, 0.3) is 0 Å². The molecule has 0 amide bonds. The zero-order valence-electron chi connectivity index (χ0n) is 16.4. The van der Waals surface area contributed by atoms with Gasteiger partial charge in [-0.2, -0.15) is 0 Å². The van der Waals surface area contributed by atoms with E-state index in [1.165, 1.54) is 24.3 Å². The lowest BCUT2D eigenvalue weighted by Crippen LogP contribution is -2.38. The molecule has 0 bridgehead atoms. The summed E-state index contributed by atoms with van der Waals surface area (Å²) in [4.78, 5) is 8.68. The number of halogens is 1. The largest absolute Gasteiger partial charge is 0.357 e. The van der Waals surface area contributed by atoms with E-state index in [2.05, 4.69) is 60.7 Å². The maximum absolute atomic E-state index is 4.75. The molecule has 0 aliphatic carbocycles. The van der Waals surface area contributed by atoms with Crippen LogP contribution in [-0.4, -0.2) is 50.1 Å². The minimum absolute atomic E-state index is 0. The molecule has 0 saturated heterocycles. The Morgan fingerprint density at radius 2 is 1.96 bits per heavy atom. The van der Waals surface area contributed by atoms with Crippen molar-refractivity contribution in [3.05, 3.63) is 22.4 Å². The predicted molar refractivity (Wildman–Crippen MR) is 124 cm³/mol. The number of rotatable bonds is 12. The Kier molecular flexibility index (Phi) is 15.7. The first-order valence-corrected chi connectivity index (χ1v) is 10.3. The summed E-state index contributed by atoms with van der Waals surface area (Å²) in [6, 6.07) is 4.34. The van der Waals surface area contributed by atoms with Gasteiger partial charge in [0.2, 0.25) is 0 Å². The molecule has 1 heterocycles. The fourth-order valence-electron chi connectivity index (χ4n) is 2.63. The molecule has 1 atom stereocenters. The van der Waals surface area contributed by atoms with Crippen molar-refractivity contribution < 1.29 is 0 Å². The van der Waals surface area contributed by atoms with Crippen molar-refractivity contribution in [2.45, 2.75) is 47.0 Å². The Morgan fingerprint density at radius 1 is 1.20 bits per heavy atom. The molecule has 0 spiro atoms. The number of hydrogen-bond acceptors (Lipinski definition) is 3. The van der Waals surface area contributed by atoms with Crippen molar-refractivity contribution in [3.63, 3.8) is 0 Å². The molecule has 1 aromatic rings. The second kappa shape index (κ2) is 15.9. The summed E-state index contributed by atoms with van der Waals surface area (Å²) in [5.41, 5.74) is 0. The van der Waals surface area contributed by atoms with Gasteiger partial charge in [-0.25, -0.2) is 0 Å². The van der Waals surface area contributed by atoms with Crippen molar-refractivity contribution in [3.8, 4) is 0 Å². The lowest BCUT2D eigenvalue weighted by Gasteiger charge is -2.18. The fourth-order valence-corrected chi connectivity index (χ4v) is 3.50. The Labute approximate surface area is 175 Å². The molecule has 0 aliphatic heterocycles. The standard InChI is InChI=1S/C19H36N4S.HI/c1-5-20-19(21-12-8-9-13-23(6-2)7-3)22-16-17(4)15-18-11-10-14-24-18;/h10-11,14,17H,5-9,12-13,15-16H2,1-4H3,(H2,20,21,22);1H. The molecular weight excluding hydrogens is 443 g/mol. The molecule has 6 heteroatoms. The van der Waals surface area contributed by atoms with E-state index in [0.717, 1.165) is 45.1 Å². The number of nitrogens with one attached hydrogen (secondary N) is 2. The number of unbranched alkanes of at least 4 members (excludes halogenated alkanes) is 1. The first kappa shape index (κ1) is 24.7. The normalized spacial score (nSPS) is 12.8. The zero-order chi connectivity index (χ0) is 17.6. The van der Waals surface area contributed by atoms with Gasteiger partial charge in [0.05, 0.1) is 0 Å². The molecule has 0 aliphatic rings. The van der Waals surface area contributed by atoms with Crippen LogP contribution < -0.4 is 10.6 Å². The van der Waals surface area contributed by atoms with Gasteiger partial charge >= 0.3 is 0 Å². The van der Waals surface area contributed by atoms with Gasteiger partial charge in [0.15, 0.2) is 5.96 Å². The first-order valence-electron chi connectivity index (χ1n) is 9.46. The molecule has 25 heavy (non-hydrogen) atoms. The van der Waals surface area contributed by atoms with E-state index in [1.54, 1.807) is 0 Å². The van der Waals surface area contributed by atoms with Crippen LogP contribution in [0.4, 0.5) is 0 Å². The Balaban J connectivity index is 0.00000576. The summed E-state index contributed by atoms with van der Waals surface area (Å²) in [7, 11) is 0. The van der Waals surface area contributed by atoms with Crippen LogP contribution in [0.15, 0.2) is 22.5 Å². The second-order valence-electron chi connectivity index (χ2n) is 6.27. The van der Waals surface area contributed by atoms with E-state index in [4.69, 9.17) is 4.99 Å². The van der Waals surface area contributed by atoms with E-state index in [-0.39, 0.29) is 24.0 Å². The third-order valence-corrected chi connectivity index (χ3v) is 5.02. The molecule has 0 saturated carbocycles. The quantitative estimate of drug-likeness (QED) is 0.204. The van der Waals surface area contributed by atoms with Crippen molar-refractivity contribution in [1.82, 2.24) is 15.5 Å². The highest BCUT2D eigenvalue weighted by Crippen LogP contribution is 2.14. The minimum Gasteiger partial charge on any atom is -0.357 e. The highest BCUT2D eigenvalue weighted by Gasteiger charge is 2.05. The maximum Gasteiger partial charge on any atom is 0.191 e. The second-order valence-corrected chi connectivity index (χ2v) is 7.30. The SMILES string of the molecule is CCNC(=NCC(C)Cc1cccs1)NCCCCN(CC)CC.I. The predicted octanol–water partition coefficient (Wildman–Crippen LogP) is 4.22.